The summed E-state index contributed by atoms with van der Waals surface area (Å²) in [6.07, 6.45) is 3.42. The van der Waals surface area contributed by atoms with E-state index in [4.69, 9.17) is 14.2 Å². The summed E-state index contributed by atoms with van der Waals surface area (Å²) < 4.78 is 16.5. The number of nitrogens with one attached hydrogen (secondary N) is 1. The Morgan fingerprint density at radius 2 is 2.03 bits per heavy atom. The Kier molecular flexibility index (Phi) is 7.09. The van der Waals surface area contributed by atoms with Crippen molar-refractivity contribution in [3.8, 4) is 17.6 Å². The van der Waals surface area contributed by atoms with E-state index >= 15 is 0 Å². The highest BCUT2D eigenvalue weighted by atomic mass is 16.5. The van der Waals surface area contributed by atoms with Gasteiger partial charge in [-0.1, -0.05) is 6.07 Å². The van der Waals surface area contributed by atoms with Gasteiger partial charge in [-0.3, -0.25) is 9.59 Å². The third-order valence-corrected chi connectivity index (χ3v) is 4.57. The molecule has 0 bridgehead atoms. The van der Waals surface area contributed by atoms with E-state index < -0.39 is 0 Å². The van der Waals surface area contributed by atoms with Crippen LogP contribution in [0.5, 0.6) is 11.5 Å². The first kappa shape index (κ1) is 20.7. The van der Waals surface area contributed by atoms with E-state index in [1.54, 1.807) is 23.1 Å². The highest BCUT2D eigenvalue weighted by Gasteiger charge is 2.25. The first-order valence-corrected chi connectivity index (χ1v) is 9.78. The number of hydrogen-bond donors (Lipinski definition) is 1. The summed E-state index contributed by atoms with van der Waals surface area (Å²) in [4.78, 5) is 26.1. The molecule has 3 rings (SSSR count). The molecule has 1 aliphatic heterocycles. The minimum Gasteiger partial charge on any atom is -0.490 e. The molecular weight excluding hydrogens is 374 g/mol. The molecule has 1 aromatic rings. The van der Waals surface area contributed by atoms with Gasteiger partial charge in [-0.2, -0.15) is 5.26 Å². The number of nitrogens with zero attached hydrogens (tertiary/aromatic N) is 2. The molecule has 1 aromatic carbocycles. The smallest absolute Gasteiger partial charge is 0.262 e. The molecular formula is C21H25N3O5. The van der Waals surface area contributed by atoms with Gasteiger partial charge in [0.1, 0.15) is 11.6 Å². The van der Waals surface area contributed by atoms with Gasteiger partial charge in [0.25, 0.3) is 11.8 Å². The third-order valence-electron chi connectivity index (χ3n) is 4.57. The van der Waals surface area contributed by atoms with E-state index in [1.807, 2.05) is 13.0 Å². The van der Waals surface area contributed by atoms with Crippen molar-refractivity contribution < 1.29 is 23.8 Å². The molecule has 0 aromatic heterocycles. The van der Waals surface area contributed by atoms with E-state index in [2.05, 4.69) is 5.32 Å². The Morgan fingerprint density at radius 1 is 1.28 bits per heavy atom. The summed E-state index contributed by atoms with van der Waals surface area (Å²) in [5.74, 6) is 0.412. The largest absolute Gasteiger partial charge is 0.490 e. The Morgan fingerprint density at radius 3 is 2.69 bits per heavy atom. The van der Waals surface area contributed by atoms with Crippen LogP contribution in [0.25, 0.3) is 6.08 Å². The Balaban J connectivity index is 1.68. The molecule has 1 heterocycles. The molecule has 0 radical (unpaired) electrons. The summed E-state index contributed by atoms with van der Waals surface area (Å²) in [5, 5.41) is 12.1. The predicted molar refractivity (Wildman–Crippen MR) is 105 cm³/mol. The molecule has 0 atom stereocenters. The van der Waals surface area contributed by atoms with Crippen molar-refractivity contribution in [2.24, 2.45) is 0 Å². The second-order valence-electron chi connectivity index (χ2n) is 6.84. The molecule has 1 N–H and O–H groups in total. The lowest BCUT2D eigenvalue weighted by Gasteiger charge is -2.26. The standard InChI is InChI=1S/C21H25N3O5/c1-2-28-19-12-15(11-16(13-22)21(26)23-17-4-5-17)3-6-18(19)29-14-20(25)24-7-9-27-10-8-24/h3,6,11-12,17H,2,4-5,7-10,14H2,1H3,(H,23,26)/b16-11+. The number of carbonyl (C=O) groups is 2. The number of hydrogen-bond acceptors (Lipinski definition) is 6. The minimum absolute atomic E-state index is 0.0375. The number of ether oxygens (including phenoxy) is 3. The van der Waals surface area contributed by atoms with Crippen LogP contribution in [0, 0.1) is 11.3 Å². The Labute approximate surface area is 170 Å². The topological polar surface area (TPSA) is 101 Å². The van der Waals surface area contributed by atoms with E-state index in [-0.39, 0.29) is 30.0 Å². The molecule has 29 heavy (non-hydrogen) atoms. The number of rotatable bonds is 8. The highest BCUT2D eigenvalue weighted by Crippen LogP contribution is 2.29. The quantitative estimate of drug-likeness (QED) is 0.525. The maximum absolute atomic E-state index is 12.3. The summed E-state index contributed by atoms with van der Waals surface area (Å²) in [5.41, 5.74) is 0.679. The average Bonchev–Trinajstić information content (AvgIpc) is 3.56. The van der Waals surface area contributed by atoms with Gasteiger partial charge in [0.05, 0.1) is 19.8 Å². The van der Waals surface area contributed by atoms with Crippen LogP contribution in [0.4, 0.5) is 0 Å². The monoisotopic (exact) mass is 399 g/mol. The summed E-state index contributed by atoms with van der Waals surface area (Å²) in [6.45, 7) is 4.35. The maximum Gasteiger partial charge on any atom is 0.262 e. The first-order chi connectivity index (χ1) is 14.1. The number of nitriles is 1. The molecule has 8 heteroatoms. The van der Waals surface area contributed by atoms with Gasteiger partial charge in [0.2, 0.25) is 0 Å². The molecule has 1 saturated heterocycles. The fourth-order valence-corrected chi connectivity index (χ4v) is 2.85. The van der Waals surface area contributed by atoms with Crippen LogP contribution in [0.1, 0.15) is 25.3 Å². The third kappa shape index (κ3) is 5.96. The van der Waals surface area contributed by atoms with Crippen LogP contribution in [0.2, 0.25) is 0 Å². The van der Waals surface area contributed by atoms with Crippen LogP contribution in [0.15, 0.2) is 23.8 Å². The zero-order chi connectivity index (χ0) is 20.6. The van der Waals surface area contributed by atoms with Gasteiger partial charge in [-0.15, -0.1) is 0 Å². The van der Waals surface area contributed by atoms with Gasteiger partial charge in [-0.25, -0.2) is 0 Å². The van der Waals surface area contributed by atoms with E-state index in [1.165, 1.54) is 6.08 Å². The fourth-order valence-electron chi connectivity index (χ4n) is 2.85. The van der Waals surface area contributed by atoms with Crippen LogP contribution in [-0.4, -0.2) is 62.3 Å². The lowest BCUT2D eigenvalue weighted by molar-refractivity contribution is -0.137. The predicted octanol–water partition coefficient (Wildman–Crippen LogP) is 1.51. The van der Waals surface area contributed by atoms with Crippen molar-refractivity contribution in [2.45, 2.75) is 25.8 Å². The average molecular weight is 399 g/mol. The zero-order valence-corrected chi connectivity index (χ0v) is 16.5. The van der Waals surface area contributed by atoms with Crippen molar-refractivity contribution in [3.63, 3.8) is 0 Å². The van der Waals surface area contributed by atoms with Gasteiger partial charge < -0.3 is 24.4 Å². The van der Waals surface area contributed by atoms with Crippen LogP contribution < -0.4 is 14.8 Å². The molecule has 2 aliphatic rings. The number of benzene rings is 1. The van der Waals surface area contributed by atoms with Crippen LogP contribution in [0.3, 0.4) is 0 Å². The van der Waals surface area contributed by atoms with Gasteiger partial charge in [0, 0.05) is 19.1 Å². The maximum atomic E-state index is 12.3. The number of amides is 2. The lowest BCUT2D eigenvalue weighted by Crippen LogP contribution is -2.43. The lowest BCUT2D eigenvalue weighted by atomic mass is 10.1. The van der Waals surface area contributed by atoms with Crippen molar-refractivity contribution in [1.82, 2.24) is 10.2 Å². The molecule has 2 amide bonds. The molecule has 1 saturated carbocycles. The summed E-state index contributed by atoms with van der Waals surface area (Å²) in [7, 11) is 0. The van der Waals surface area contributed by atoms with E-state index in [0.29, 0.717) is 50.0 Å². The highest BCUT2D eigenvalue weighted by molar-refractivity contribution is 6.02. The van der Waals surface area contributed by atoms with Crippen molar-refractivity contribution in [2.75, 3.05) is 39.5 Å². The van der Waals surface area contributed by atoms with Gasteiger partial charge >= 0.3 is 0 Å². The molecule has 1 aliphatic carbocycles. The van der Waals surface area contributed by atoms with Crippen molar-refractivity contribution in [1.29, 1.82) is 5.26 Å². The Hall–Kier alpha value is -3.05. The molecule has 0 spiro atoms. The number of morpholine rings is 1. The fraction of sp³-hybridized carbons (Fsp3) is 0.476. The number of carbonyl (C=O) groups excluding carboxylic acids is 2. The SMILES string of the molecule is CCOc1cc(/C=C(\C#N)C(=O)NC2CC2)ccc1OCC(=O)N1CCOCC1. The molecule has 154 valence electrons. The summed E-state index contributed by atoms with van der Waals surface area (Å²) in [6, 6.07) is 7.21. The van der Waals surface area contributed by atoms with E-state index in [9.17, 15) is 14.9 Å². The minimum atomic E-state index is -0.371. The van der Waals surface area contributed by atoms with Gasteiger partial charge in [-0.05, 0) is 43.5 Å². The second kappa shape index (κ2) is 9.94. The van der Waals surface area contributed by atoms with E-state index in [0.717, 1.165) is 12.8 Å². The van der Waals surface area contributed by atoms with Crippen molar-refractivity contribution >= 4 is 17.9 Å². The normalized spacial score (nSPS) is 16.7. The summed E-state index contributed by atoms with van der Waals surface area (Å²) >= 11 is 0. The first-order valence-electron chi connectivity index (χ1n) is 9.78. The van der Waals surface area contributed by atoms with Crippen LogP contribution >= 0.6 is 0 Å². The molecule has 2 fully saturated rings. The molecule has 8 nitrogen and oxygen atoms in total. The molecule has 0 unspecified atom stereocenters. The van der Waals surface area contributed by atoms with Crippen LogP contribution in [-0.2, 0) is 14.3 Å². The van der Waals surface area contributed by atoms with Crippen molar-refractivity contribution in [3.05, 3.63) is 29.3 Å². The zero-order valence-electron chi connectivity index (χ0n) is 16.5. The second-order valence-corrected chi connectivity index (χ2v) is 6.84. The Bertz CT molecular complexity index is 820. The van der Waals surface area contributed by atoms with Gasteiger partial charge in [0.15, 0.2) is 18.1 Å².